The predicted molar refractivity (Wildman–Crippen MR) is 81.5 cm³/mol. The molecule has 0 fully saturated rings. The molecule has 1 heterocycles. The number of carbonyl (C=O) groups excluding carboxylic acids is 1. The monoisotopic (exact) mass is 290 g/mol. The zero-order chi connectivity index (χ0) is 14.4. The molecule has 2 aromatic rings. The van der Waals surface area contributed by atoms with Crippen molar-refractivity contribution in [1.82, 2.24) is 0 Å². The Morgan fingerprint density at radius 2 is 1.70 bits per heavy atom. The molecule has 0 aliphatic rings. The molecule has 0 unspecified atom stereocenters. The molecule has 0 atom stereocenters. The number of aliphatic carboxylic acids is 1. The summed E-state index contributed by atoms with van der Waals surface area (Å²) in [6, 6.07) is 7.95. The van der Waals surface area contributed by atoms with Gasteiger partial charge in [0.1, 0.15) is 0 Å². The Labute approximate surface area is 122 Å². The van der Waals surface area contributed by atoms with Crippen LogP contribution >= 0.6 is 11.3 Å². The van der Waals surface area contributed by atoms with Crippen molar-refractivity contribution in [3.05, 3.63) is 34.5 Å². The first-order valence-electron chi connectivity index (χ1n) is 6.89. The fraction of sp³-hybridized carbons (Fsp3) is 0.375. The van der Waals surface area contributed by atoms with Crippen LogP contribution in [0.25, 0.3) is 10.8 Å². The highest BCUT2D eigenvalue weighted by Gasteiger charge is 2.11. The molecule has 2 rings (SSSR count). The van der Waals surface area contributed by atoms with Gasteiger partial charge in [0.2, 0.25) is 0 Å². The third-order valence-corrected chi connectivity index (χ3v) is 4.36. The van der Waals surface area contributed by atoms with Crippen LogP contribution in [0.5, 0.6) is 0 Å². The average molecular weight is 290 g/mol. The summed E-state index contributed by atoms with van der Waals surface area (Å²) in [6.07, 6.45) is 4.12. The Morgan fingerprint density at radius 3 is 2.45 bits per heavy atom. The van der Waals surface area contributed by atoms with E-state index in [9.17, 15) is 9.59 Å². The maximum atomic E-state index is 12.2. The Kier molecular flexibility index (Phi) is 5.30. The molecule has 0 amide bonds. The van der Waals surface area contributed by atoms with Gasteiger partial charge < -0.3 is 5.11 Å². The Bertz CT molecular complexity index is 601. The number of carboxylic acids is 1. The number of unbranched alkanes of at least 4 members (excludes halogenated alkanes) is 3. The van der Waals surface area contributed by atoms with E-state index < -0.39 is 5.97 Å². The predicted octanol–water partition coefficient (Wildman–Crippen LogP) is 4.51. The number of thiophene rings is 1. The van der Waals surface area contributed by atoms with Crippen molar-refractivity contribution in [2.24, 2.45) is 0 Å². The summed E-state index contributed by atoms with van der Waals surface area (Å²) in [4.78, 5) is 23.4. The van der Waals surface area contributed by atoms with E-state index in [0.29, 0.717) is 12.8 Å². The lowest BCUT2D eigenvalue weighted by Crippen LogP contribution is -1.97. The van der Waals surface area contributed by atoms with Crippen molar-refractivity contribution >= 4 is 33.9 Å². The van der Waals surface area contributed by atoms with Crippen molar-refractivity contribution in [3.8, 4) is 0 Å². The summed E-state index contributed by atoms with van der Waals surface area (Å²) in [6.45, 7) is 0. The first-order chi connectivity index (χ1) is 9.68. The largest absolute Gasteiger partial charge is 0.481 e. The minimum absolute atomic E-state index is 0.203. The third-order valence-electron chi connectivity index (χ3n) is 3.31. The normalized spacial score (nSPS) is 10.8. The maximum absolute atomic E-state index is 12.2. The summed E-state index contributed by atoms with van der Waals surface area (Å²) >= 11 is 1.52. The van der Waals surface area contributed by atoms with Crippen molar-refractivity contribution in [1.29, 1.82) is 0 Å². The summed E-state index contributed by atoms with van der Waals surface area (Å²) in [5.41, 5.74) is 0. The van der Waals surface area contributed by atoms with E-state index in [0.717, 1.165) is 34.9 Å². The second-order valence-corrected chi connectivity index (χ2v) is 5.76. The molecule has 0 spiro atoms. The Morgan fingerprint density at radius 1 is 1.00 bits per heavy atom. The van der Waals surface area contributed by atoms with Gasteiger partial charge >= 0.3 is 5.97 Å². The van der Waals surface area contributed by atoms with Gasteiger partial charge in [0, 0.05) is 18.2 Å². The van der Waals surface area contributed by atoms with Crippen LogP contribution in [0.4, 0.5) is 0 Å². The molecule has 1 N–H and O–H groups in total. The van der Waals surface area contributed by atoms with E-state index in [-0.39, 0.29) is 12.2 Å². The van der Waals surface area contributed by atoms with Crippen molar-refractivity contribution in [3.63, 3.8) is 0 Å². The molecular formula is C16H18O3S. The van der Waals surface area contributed by atoms with Crippen molar-refractivity contribution in [2.45, 2.75) is 38.5 Å². The van der Waals surface area contributed by atoms with Crippen LogP contribution in [-0.4, -0.2) is 16.9 Å². The van der Waals surface area contributed by atoms with Crippen LogP contribution in [0.2, 0.25) is 0 Å². The fourth-order valence-electron chi connectivity index (χ4n) is 2.24. The lowest BCUT2D eigenvalue weighted by molar-refractivity contribution is -0.137. The van der Waals surface area contributed by atoms with E-state index in [2.05, 4.69) is 0 Å². The highest BCUT2D eigenvalue weighted by molar-refractivity contribution is 7.13. The number of hydrogen-bond donors (Lipinski definition) is 1. The van der Waals surface area contributed by atoms with Crippen LogP contribution < -0.4 is 0 Å². The fourth-order valence-corrected chi connectivity index (χ4v) is 3.23. The van der Waals surface area contributed by atoms with Crippen LogP contribution in [0.15, 0.2) is 29.6 Å². The average Bonchev–Trinajstić information content (AvgIpc) is 2.86. The van der Waals surface area contributed by atoms with E-state index >= 15 is 0 Å². The molecule has 0 saturated carbocycles. The molecule has 1 aromatic carbocycles. The number of carboxylic acid groups (broad SMARTS) is 1. The highest BCUT2D eigenvalue weighted by Crippen LogP contribution is 2.27. The number of Topliss-reactive ketones (excluding diaryl/α,β-unsaturated/α-hetero) is 1. The van der Waals surface area contributed by atoms with E-state index in [4.69, 9.17) is 5.11 Å². The number of carbonyl (C=O) groups is 2. The lowest BCUT2D eigenvalue weighted by atomic mass is 10.1. The first kappa shape index (κ1) is 14.7. The van der Waals surface area contributed by atoms with Crippen molar-refractivity contribution in [2.75, 3.05) is 0 Å². The van der Waals surface area contributed by atoms with Gasteiger partial charge in [0.25, 0.3) is 0 Å². The van der Waals surface area contributed by atoms with Gasteiger partial charge in [-0.2, -0.15) is 0 Å². The summed E-state index contributed by atoms with van der Waals surface area (Å²) in [5, 5.41) is 12.7. The van der Waals surface area contributed by atoms with Crippen LogP contribution in [0.1, 0.15) is 48.2 Å². The molecular weight excluding hydrogens is 272 g/mol. The molecule has 106 valence electrons. The Hall–Kier alpha value is -1.68. The quantitative estimate of drug-likeness (QED) is 0.575. The molecule has 0 aliphatic heterocycles. The second kappa shape index (κ2) is 7.20. The lowest BCUT2D eigenvalue weighted by Gasteiger charge is -2.00. The maximum Gasteiger partial charge on any atom is 0.303 e. The number of fused-ring (bicyclic) bond motifs is 1. The third kappa shape index (κ3) is 3.90. The highest BCUT2D eigenvalue weighted by atomic mass is 32.1. The molecule has 4 heteroatoms. The van der Waals surface area contributed by atoms with Crippen LogP contribution in [0, 0.1) is 0 Å². The van der Waals surface area contributed by atoms with Gasteiger partial charge in [-0.05, 0) is 23.6 Å². The standard InChI is InChI=1S/C16H18O3S/c17-14(9-3-1-2-4-10-15(18)19)16-13-8-6-5-7-12(13)11-20-16/h5-8,11H,1-4,9-10H2,(H,18,19). The smallest absolute Gasteiger partial charge is 0.303 e. The molecule has 20 heavy (non-hydrogen) atoms. The van der Waals surface area contributed by atoms with Gasteiger partial charge in [0.15, 0.2) is 5.78 Å². The Balaban J connectivity index is 1.79. The van der Waals surface area contributed by atoms with Gasteiger partial charge in [-0.1, -0.05) is 37.1 Å². The van der Waals surface area contributed by atoms with E-state index in [1.807, 2.05) is 29.6 Å². The summed E-state index contributed by atoms with van der Waals surface area (Å²) in [7, 11) is 0. The number of rotatable bonds is 8. The molecule has 3 nitrogen and oxygen atoms in total. The number of ketones is 1. The van der Waals surface area contributed by atoms with Crippen molar-refractivity contribution < 1.29 is 14.7 Å². The minimum atomic E-state index is -0.744. The van der Waals surface area contributed by atoms with Crippen LogP contribution in [0.3, 0.4) is 0 Å². The SMILES string of the molecule is O=C(O)CCCCCCC(=O)c1scc2ccccc12. The molecule has 0 radical (unpaired) electrons. The zero-order valence-corrected chi connectivity index (χ0v) is 12.1. The number of benzene rings is 1. The van der Waals surface area contributed by atoms with Crippen LogP contribution in [-0.2, 0) is 4.79 Å². The molecule has 0 saturated heterocycles. The topological polar surface area (TPSA) is 54.4 Å². The minimum Gasteiger partial charge on any atom is -0.481 e. The van der Waals surface area contributed by atoms with Gasteiger partial charge in [-0.3, -0.25) is 9.59 Å². The summed E-state index contributed by atoms with van der Waals surface area (Å²) in [5.74, 6) is -0.541. The molecule has 0 bridgehead atoms. The van der Waals surface area contributed by atoms with Gasteiger partial charge in [-0.25, -0.2) is 0 Å². The summed E-state index contributed by atoms with van der Waals surface area (Å²) < 4.78 is 0. The zero-order valence-electron chi connectivity index (χ0n) is 11.3. The first-order valence-corrected chi connectivity index (χ1v) is 7.77. The second-order valence-electron chi connectivity index (χ2n) is 4.88. The molecule has 1 aromatic heterocycles. The molecule has 0 aliphatic carbocycles. The van der Waals surface area contributed by atoms with E-state index in [1.54, 1.807) is 0 Å². The van der Waals surface area contributed by atoms with E-state index in [1.165, 1.54) is 11.3 Å². The van der Waals surface area contributed by atoms with Gasteiger partial charge in [0.05, 0.1) is 4.88 Å². The van der Waals surface area contributed by atoms with Gasteiger partial charge in [-0.15, -0.1) is 11.3 Å². The number of hydrogen-bond acceptors (Lipinski definition) is 3.